The van der Waals surface area contributed by atoms with Gasteiger partial charge in [-0.1, -0.05) is 17.7 Å². The Morgan fingerprint density at radius 1 is 0.867 bits per heavy atom. The van der Waals surface area contributed by atoms with Crippen LogP contribution >= 0.6 is 0 Å². The third-order valence-corrected chi connectivity index (χ3v) is 4.76. The molecule has 7 nitrogen and oxygen atoms in total. The lowest BCUT2D eigenvalue weighted by atomic mass is 10.1. The molecule has 0 aliphatic heterocycles. The topological polar surface area (TPSA) is 93.2 Å². The zero-order valence-corrected chi connectivity index (χ0v) is 17.7. The van der Waals surface area contributed by atoms with Crippen LogP contribution in [0.1, 0.15) is 32.9 Å². The van der Waals surface area contributed by atoms with Gasteiger partial charge >= 0.3 is 0 Å². The number of fused-ring (bicyclic) bond motifs is 1. The number of carbonyl (C=O) groups is 2. The molecule has 0 unspecified atom stereocenters. The number of benzene rings is 2. The second kappa shape index (κ2) is 9.35. The number of amides is 2. The van der Waals surface area contributed by atoms with Crippen molar-refractivity contribution in [1.29, 1.82) is 0 Å². The highest BCUT2D eigenvalue weighted by molar-refractivity contribution is 5.97. The van der Waals surface area contributed by atoms with Gasteiger partial charge in [-0.15, -0.1) is 0 Å². The molecule has 1 aromatic heterocycles. The summed E-state index contributed by atoms with van der Waals surface area (Å²) in [5, 5.41) is 5.52. The minimum atomic E-state index is -0.240. The van der Waals surface area contributed by atoms with Crippen molar-refractivity contribution in [1.82, 2.24) is 20.6 Å². The van der Waals surface area contributed by atoms with Crippen molar-refractivity contribution < 1.29 is 14.3 Å². The van der Waals surface area contributed by atoms with E-state index in [2.05, 4.69) is 20.6 Å². The van der Waals surface area contributed by atoms with E-state index in [9.17, 15) is 9.59 Å². The average Bonchev–Trinajstić information content (AvgIpc) is 2.71. The number of ether oxygens (including phenoxy) is 1. The number of aryl methyl sites for hydroxylation is 4. The smallest absolute Gasteiger partial charge is 0.258 e. The molecular formula is C23H26N4O3. The normalized spacial score (nSPS) is 10.7. The minimum Gasteiger partial charge on any atom is -0.484 e. The molecule has 0 fully saturated rings. The Kier molecular flexibility index (Phi) is 6.61. The van der Waals surface area contributed by atoms with E-state index in [1.165, 1.54) is 0 Å². The molecule has 0 atom stereocenters. The fourth-order valence-electron chi connectivity index (χ4n) is 3.01. The number of aromatic nitrogens is 2. The molecule has 0 saturated carbocycles. The van der Waals surface area contributed by atoms with Crippen LogP contribution in [0.3, 0.4) is 0 Å². The number of hydrogen-bond donors (Lipinski definition) is 2. The first-order valence-electron chi connectivity index (χ1n) is 9.83. The molecule has 2 amide bonds. The van der Waals surface area contributed by atoms with Crippen LogP contribution in [0, 0.1) is 27.7 Å². The summed E-state index contributed by atoms with van der Waals surface area (Å²) in [4.78, 5) is 33.3. The number of nitrogens with one attached hydrogen (secondary N) is 2. The van der Waals surface area contributed by atoms with Crippen molar-refractivity contribution in [3.63, 3.8) is 0 Å². The van der Waals surface area contributed by atoms with Gasteiger partial charge in [0.25, 0.3) is 11.8 Å². The summed E-state index contributed by atoms with van der Waals surface area (Å²) in [6, 6.07) is 11.0. The van der Waals surface area contributed by atoms with E-state index in [-0.39, 0.29) is 18.4 Å². The highest BCUT2D eigenvalue weighted by Gasteiger charge is 2.09. The van der Waals surface area contributed by atoms with Crippen molar-refractivity contribution in [3.05, 3.63) is 64.5 Å². The van der Waals surface area contributed by atoms with Crippen LogP contribution in [-0.2, 0) is 4.79 Å². The molecule has 3 rings (SSSR count). The van der Waals surface area contributed by atoms with Gasteiger partial charge in [-0.25, -0.2) is 9.97 Å². The molecular weight excluding hydrogens is 380 g/mol. The molecule has 0 radical (unpaired) electrons. The summed E-state index contributed by atoms with van der Waals surface area (Å²) in [5.41, 5.74) is 5.78. The fraction of sp³-hybridized carbons (Fsp3) is 0.304. The molecule has 3 aromatic rings. The lowest BCUT2D eigenvalue weighted by Gasteiger charge is -2.11. The van der Waals surface area contributed by atoms with Crippen molar-refractivity contribution in [2.45, 2.75) is 27.7 Å². The van der Waals surface area contributed by atoms with E-state index < -0.39 is 0 Å². The molecule has 0 spiro atoms. The van der Waals surface area contributed by atoms with E-state index in [1.807, 2.05) is 45.9 Å². The maximum atomic E-state index is 12.4. The fourth-order valence-corrected chi connectivity index (χ4v) is 3.01. The molecule has 2 N–H and O–H groups in total. The molecule has 2 aromatic carbocycles. The molecule has 0 aliphatic carbocycles. The zero-order chi connectivity index (χ0) is 21.7. The van der Waals surface area contributed by atoms with E-state index in [1.54, 1.807) is 18.2 Å². The Morgan fingerprint density at radius 2 is 1.57 bits per heavy atom. The van der Waals surface area contributed by atoms with Gasteiger partial charge < -0.3 is 15.4 Å². The monoisotopic (exact) mass is 406 g/mol. The summed E-state index contributed by atoms with van der Waals surface area (Å²) < 4.78 is 5.55. The second-order valence-electron chi connectivity index (χ2n) is 7.26. The minimum absolute atomic E-state index is 0.0695. The lowest BCUT2D eigenvalue weighted by molar-refractivity contribution is -0.123. The summed E-state index contributed by atoms with van der Waals surface area (Å²) in [7, 11) is 0. The highest BCUT2D eigenvalue weighted by Crippen LogP contribution is 2.18. The van der Waals surface area contributed by atoms with Gasteiger partial charge in [0.15, 0.2) is 6.61 Å². The third-order valence-electron chi connectivity index (χ3n) is 4.76. The van der Waals surface area contributed by atoms with E-state index >= 15 is 0 Å². The van der Waals surface area contributed by atoms with Crippen LogP contribution in [0.2, 0.25) is 0 Å². The number of hydrogen-bond acceptors (Lipinski definition) is 5. The quantitative estimate of drug-likeness (QED) is 0.589. The highest BCUT2D eigenvalue weighted by atomic mass is 16.5. The van der Waals surface area contributed by atoms with Gasteiger partial charge in [-0.05, 0) is 57.5 Å². The Hall–Kier alpha value is -3.48. The summed E-state index contributed by atoms with van der Waals surface area (Å²) in [6.07, 6.45) is 0. The first-order valence-corrected chi connectivity index (χ1v) is 9.83. The zero-order valence-electron chi connectivity index (χ0n) is 17.7. The third kappa shape index (κ3) is 5.31. The Morgan fingerprint density at radius 3 is 2.30 bits per heavy atom. The van der Waals surface area contributed by atoms with Crippen LogP contribution in [0.5, 0.6) is 5.75 Å². The van der Waals surface area contributed by atoms with Gasteiger partial charge in [0, 0.05) is 18.7 Å². The summed E-state index contributed by atoms with van der Waals surface area (Å²) >= 11 is 0. The molecule has 30 heavy (non-hydrogen) atoms. The Bertz CT molecular complexity index is 1100. The summed E-state index contributed by atoms with van der Waals surface area (Å²) in [6.45, 7) is 8.30. The molecule has 156 valence electrons. The van der Waals surface area contributed by atoms with E-state index in [0.717, 1.165) is 28.0 Å². The second-order valence-corrected chi connectivity index (χ2v) is 7.26. The molecule has 0 aliphatic rings. The lowest BCUT2D eigenvalue weighted by Crippen LogP contribution is -2.36. The van der Waals surface area contributed by atoms with Gasteiger partial charge in [0.2, 0.25) is 0 Å². The summed E-state index contributed by atoms with van der Waals surface area (Å²) in [5.74, 6) is 0.225. The Balaban J connectivity index is 1.44. The molecule has 0 saturated heterocycles. The predicted octanol–water partition coefficient (Wildman–Crippen LogP) is 2.79. The maximum absolute atomic E-state index is 12.4. The number of rotatable bonds is 7. The van der Waals surface area contributed by atoms with Crippen molar-refractivity contribution in [2.24, 2.45) is 0 Å². The van der Waals surface area contributed by atoms with Gasteiger partial charge in [0.05, 0.1) is 22.4 Å². The number of nitrogens with zero attached hydrogens (tertiary/aromatic N) is 2. The van der Waals surface area contributed by atoms with Crippen molar-refractivity contribution in [2.75, 3.05) is 19.7 Å². The van der Waals surface area contributed by atoms with Gasteiger partial charge in [-0.2, -0.15) is 0 Å². The van der Waals surface area contributed by atoms with Crippen molar-refractivity contribution >= 4 is 22.8 Å². The van der Waals surface area contributed by atoms with E-state index in [0.29, 0.717) is 29.9 Å². The molecule has 0 bridgehead atoms. The standard InChI is InChI=1S/C23H26N4O3/c1-14-5-8-21(15(2)11-14)30-13-22(28)24-9-10-25-23(29)18-6-7-19-20(12-18)27-17(4)16(3)26-19/h5-8,11-12H,9-10,13H2,1-4H3,(H,24,28)(H,25,29). The average molecular weight is 406 g/mol. The first kappa shape index (κ1) is 21.2. The van der Waals surface area contributed by atoms with Crippen molar-refractivity contribution in [3.8, 4) is 5.75 Å². The van der Waals surface area contributed by atoms with Crippen LogP contribution < -0.4 is 15.4 Å². The predicted molar refractivity (Wildman–Crippen MR) is 116 cm³/mol. The number of carbonyl (C=O) groups excluding carboxylic acids is 2. The first-order chi connectivity index (χ1) is 14.3. The Labute approximate surface area is 175 Å². The van der Waals surface area contributed by atoms with Crippen LogP contribution in [0.25, 0.3) is 11.0 Å². The van der Waals surface area contributed by atoms with Crippen LogP contribution in [-0.4, -0.2) is 41.5 Å². The van der Waals surface area contributed by atoms with E-state index in [4.69, 9.17) is 4.74 Å². The van der Waals surface area contributed by atoms with Crippen LogP contribution in [0.4, 0.5) is 0 Å². The maximum Gasteiger partial charge on any atom is 0.258 e. The molecule has 1 heterocycles. The molecule has 7 heteroatoms. The largest absolute Gasteiger partial charge is 0.484 e. The van der Waals surface area contributed by atoms with Crippen LogP contribution in [0.15, 0.2) is 36.4 Å². The van der Waals surface area contributed by atoms with Gasteiger partial charge in [-0.3, -0.25) is 9.59 Å². The SMILES string of the molecule is Cc1ccc(OCC(=O)NCCNC(=O)c2ccc3nc(C)c(C)nc3c2)c(C)c1. The van der Waals surface area contributed by atoms with Gasteiger partial charge in [0.1, 0.15) is 5.75 Å².